The largest absolute Gasteiger partial charge is 0.507 e. The summed E-state index contributed by atoms with van der Waals surface area (Å²) in [6, 6.07) is 12.3. The molecular weight excluding hydrogens is 240 g/mol. The minimum Gasteiger partial charge on any atom is -0.507 e. The number of aromatic hydroxyl groups is 1. The number of hydrogen-bond donors (Lipinski definition) is 2. The Bertz CT molecular complexity index is 822. The van der Waals surface area contributed by atoms with Gasteiger partial charge in [0.25, 0.3) is 5.56 Å². The molecule has 94 valence electrons. The average molecular weight is 252 g/mol. The Morgan fingerprint density at radius 1 is 1.16 bits per heavy atom. The second-order valence-corrected chi connectivity index (χ2v) is 4.45. The zero-order valence-electron chi connectivity index (χ0n) is 10.3. The molecule has 0 amide bonds. The average Bonchev–Trinajstić information content (AvgIpc) is 2.41. The van der Waals surface area contributed by atoms with Crippen LogP contribution in [-0.2, 0) is 0 Å². The lowest BCUT2D eigenvalue weighted by atomic mass is 10.1. The SMILES string of the molecule is Cc1ccc(O)c(-c2nc3ccccc3c(=O)[nH]2)c1. The number of fused-ring (bicyclic) bond motifs is 1. The lowest BCUT2D eigenvalue weighted by molar-refractivity contribution is 0.476. The Labute approximate surface area is 109 Å². The Balaban J connectivity index is 2.31. The summed E-state index contributed by atoms with van der Waals surface area (Å²) < 4.78 is 0. The van der Waals surface area contributed by atoms with E-state index in [1.165, 1.54) is 0 Å². The molecule has 0 unspecified atom stereocenters. The van der Waals surface area contributed by atoms with Crippen molar-refractivity contribution in [3.8, 4) is 17.1 Å². The first kappa shape index (κ1) is 11.5. The first-order valence-electron chi connectivity index (χ1n) is 5.94. The van der Waals surface area contributed by atoms with Gasteiger partial charge in [0.05, 0.1) is 16.5 Å². The van der Waals surface area contributed by atoms with E-state index in [0.717, 1.165) is 5.56 Å². The van der Waals surface area contributed by atoms with Gasteiger partial charge in [0, 0.05) is 0 Å². The number of aromatic nitrogens is 2. The molecule has 3 aromatic rings. The Morgan fingerprint density at radius 2 is 1.95 bits per heavy atom. The van der Waals surface area contributed by atoms with E-state index < -0.39 is 0 Å². The van der Waals surface area contributed by atoms with Gasteiger partial charge < -0.3 is 10.1 Å². The van der Waals surface area contributed by atoms with Gasteiger partial charge in [-0.15, -0.1) is 0 Å². The Morgan fingerprint density at radius 3 is 2.79 bits per heavy atom. The first-order chi connectivity index (χ1) is 9.15. The summed E-state index contributed by atoms with van der Waals surface area (Å²) in [6.45, 7) is 1.92. The monoisotopic (exact) mass is 252 g/mol. The first-order valence-corrected chi connectivity index (χ1v) is 5.94. The number of aromatic amines is 1. The van der Waals surface area contributed by atoms with Crippen LogP contribution in [0.5, 0.6) is 5.75 Å². The van der Waals surface area contributed by atoms with Crippen molar-refractivity contribution in [2.24, 2.45) is 0 Å². The van der Waals surface area contributed by atoms with Crippen molar-refractivity contribution in [2.45, 2.75) is 6.92 Å². The number of rotatable bonds is 1. The Kier molecular flexibility index (Phi) is 2.56. The molecule has 0 fully saturated rings. The van der Waals surface area contributed by atoms with Crippen molar-refractivity contribution in [1.82, 2.24) is 9.97 Å². The van der Waals surface area contributed by atoms with Crippen molar-refractivity contribution in [2.75, 3.05) is 0 Å². The predicted molar refractivity (Wildman–Crippen MR) is 74.2 cm³/mol. The van der Waals surface area contributed by atoms with E-state index in [1.54, 1.807) is 36.4 Å². The fourth-order valence-electron chi connectivity index (χ4n) is 2.05. The van der Waals surface area contributed by atoms with E-state index >= 15 is 0 Å². The van der Waals surface area contributed by atoms with Crippen molar-refractivity contribution >= 4 is 10.9 Å². The molecule has 0 saturated heterocycles. The zero-order valence-corrected chi connectivity index (χ0v) is 10.3. The number of hydrogen-bond acceptors (Lipinski definition) is 3. The minimum atomic E-state index is -0.207. The van der Waals surface area contributed by atoms with Gasteiger partial charge >= 0.3 is 0 Å². The number of H-pyrrole nitrogens is 1. The summed E-state index contributed by atoms with van der Waals surface area (Å²) in [5.41, 5.74) is 1.93. The number of nitrogens with zero attached hydrogens (tertiary/aromatic N) is 1. The molecule has 1 heterocycles. The number of phenolic OH excluding ortho intramolecular Hbond substituents is 1. The van der Waals surface area contributed by atoms with Gasteiger partial charge in [-0.1, -0.05) is 23.8 Å². The third kappa shape index (κ3) is 1.97. The summed E-state index contributed by atoms with van der Waals surface area (Å²) >= 11 is 0. The van der Waals surface area contributed by atoms with Crippen molar-refractivity contribution < 1.29 is 5.11 Å². The molecule has 0 atom stereocenters. The number of aryl methyl sites for hydroxylation is 1. The van der Waals surface area contributed by atoms with E-state index in [9.17, 15) is 9.90 Å². The van der Waals surface area contributed by atoms with Gasteiger partial charge in [0.15, 0.2) is 0 Å². The van der Waals surface area contributed by atoms with E-state index in [-0.39, 0.29) is 11.3 Å². The molecule has 2 aromatic carbocycles. The number of nitrogens with one attached hydrogen (secondary N) is 1. The molecule has 0 saturated carbocycles. The van der Waals surface area contributed by atoms with Gasteiger partial charge in [0.2, 0.25) is 0 Å². The second kappa shape index (κ2) is 4.24. The van der Waals surface area contributed by atoms with Gasteiger partial charge in [-0.05, 0) is 31.2 Å². The number of phenols is 1. The normalized spacial score (nSPS) is 10.8. The fourth-order valence-corrected chi connectivity index (χ4v) is 2.05. The molecule has 1 aromatic heterocycles. The maximum Gasteiger partial charge on any atom is 0.259 e. The molecule has 0 aliphatic rings. The molecule has 0 radical (unpaired) electrons. The van der Waals surface area contributed by atoms with Gasteiger partial charge in [-0.2, -0.15) is 0 Å². The molecule has 4 heteroatoms. The van der Waals surface area contributed by atoms with Crippen LogP contribution in [0.2, 0.25) is 0 Å². The molecule has 0 aliphatic heterocycles. The van der Waals surface area contributed by atoms with Crippen LogP contribution in [0.1, 0.15) is 5.56 Å². The second-order valence-electron chi connectivity index (χ2n) is 4.45. The summed E-state index contributed by atoms with van der Waals surface area (Å²) in [6.07, 6.45) is 0. The van der Waals surface area contributed by atoms with E-state index in [1.807, 2.05) is 13.0 Å². The summed E-state index contributed by atoms with van der Waals surface area (Å²) in [5.74, 6) is 0.480. The van der Waals surface area contributed by atoms with Crippen molar-refractivity contribution in [3.63, 3.8) is 0 Å². The van der Waals surface area contributed by atoms with E-state index in [4.69, 9.17) is 0 Å². The Hall–Kier alpha value is -2.62. The molecule has 2 N–H and O–H groups in total. The molecule has 0 bridgehead atoms. The van der Waals surface area contributed by atoms with E-state index in [0.29, 0.717) is 22.3 Å². The summed E-state index contributed by atoms with van der Waals surface area (Å²) in [5, 5.41) is 10.4. The highest BCUT2D eigenvalue weighted by molar-refractivity contribution is 5.80. The van der Waals surface area contributed by atoms with E-state index in [2.05, 4.69) is 9.97 Å². The highest BCUT2D eigenvalue weighted by atomic mass is 16.3. The highest BCUT2D eigenvalue weighted by Crippen LogP contribution is 2.27. The topological polar surface area (TPSA) is 66.0 Å². The molecule has 3 rings (SSSR count). The maximum atomic E-state index is 12.0. The van der Waals surface area contributed by atoms with Crippen LogP contribution in [0.3, 0.4) is 0 Å². The number of para-hydroxylation sites is 1. The summed E-state index contributed by atoms with van der Waals surface area (Å²) in [7, 11) is 0. The fraction of sp³-hybridized carbons (Fsp3) is 0.0667. The zero-order chi connectivity index (χ0) is 13.4. The van der Waals surface area contributed by atoms with Crippen LogP contribution < -0.4 is 5.56 Å². The highest BCUT2D eigenvalue weighted by Gasteiger charge is 2.09. The quantitative estimate of drug-likeness (QED) is 0.699. The molecule has 19 heavy (non-hydrogen) atoms. The van der Waals surface area contributed by atoms with Crippen LogP contribution in [-0.4, -0.2) is 15.1 Å². The molecular formula is C15H12N2O2. The van der Waals surface area contributed by atoms with Crippen LogP contribution in [0.25, 0.3) is 22.3 Å². The van der Waals surface area contributed by atoms with Crippen LogP contribution in [0, 0.1) is 6.92 Å². The lowest BCUT2D eigenvalue weighted by Crippen LogP contribution is -2.09. The summed E-state index contributed by atoms with van der Waals surface area (Å²) in [4.78, 5) is 19.1. The maximum absolute atomic E-state index is 12.0. The minimum absolute atomic E-state index is 0.101. The van der Waals surface area contributed by atoms with Crippen molar-refractivity contribution in [1.29, 1.82) is 0 Å². The third-order valence-corrected chi connectivity index (χ3v) is 3.02. The number of benzene rings is 2. The van der Waals surface area contributed by atoms with Crippen molar-refractivity contribution in [3.05, 3.63) is 58.4 Å². The smallest absolute Gasteiger partial charge is 0.259 e. The van der Waals surface area contributed by atoms with Crippen LogP contribution in [0.15, 0.2) is 47.3 Å². The molecule has 0 spiro atoms. The van der Waals surface area contributed by atoms with Crippen LogP contribution >= 0.6 is 0 Å². The lowest BCUT2D eigenvalue weighted by Gasteiger charge is -2.06. The molecule has 4 nitrogen and oxygen atoms in total. The van der Waals surface area contributed by atoms with Gasteiger partial charge in [0.1, 0.15) is 11.6 Å². The standard InChI is InChI=1S/C15H12N2O2/c1-9-6-7-13(18)11(8-9)14-16-12-5-3-2-4-10(12)15(19)17-14/h2-8,18H,1H3,(H,16,17,19). The predicted octanol–water partition coefficient (Wildman–Crippen LogP) is 2.60. The van der Waals surface area contributed by atoms with Gasteiger partial charge in [-0.3, -0.25) is 4.79 Å². The third-order valence-electron chi connectivity index (χ3n) is 3.02. The molecule has 0 aliphatic carbocycles. The van der Waals surface area contributed by atoms with Crippen LogP contribution in [0.4, 0.5) is 0 Å². The van der Waals surface area contributed by atoms with Gasteiger partial charge in [-0.25, -0.2) is 4.98 Å².